The van der Waals surface area contributed by atoms with E-state index in [9.17, 15) is 9.90 Å². The van der Waals surface area contributed by atoms with Gasteiger partial charge in [-0.1, -0.05) is 26.7 Å². The fourth-order valence-electron chi connectivity index (χ4n) is 3.30. The molecule has 1 amide bonds. The number of amides is 1. The van der Waals surface area contributed by atoms with Crippen LogP contribution >= 0.6 is 0 Å². The molecule has 1 saturated carbocycles. The first-order valence-corrected chi connectivity index (χ1v) is 8.14. The monoisotopic (exact) mass is 284 g/mol. The lowest BCUT2D eigenvalue weighted by Crippen LogP contribution is -2.36. The van der Waals surface area contributed by atoms with Gasteiger partial charge in [0.1, 0.15) is 0 Å². The van der Waals surface area contributed by atoms with Crippen LogP contribution in [0, 0.1) is 23.7 Å². The van der Waals surface area contributed by atoms with Gasteiger partial charge in [-0.3, -0.25) is 4.79 Å². The van der Waals surface area contributed by atoms with Crippen molar-refractivity contribution in [2.75, 3.05) is 19.7 Å². The highest BCUT2D eigenvalue weighted by Gasteiger charge is 2.25. The molecule has 0 radical (unpaired) electrons. The molecule has 0 aliphatic heterocycles. The summed E-state index contributed by atoms with van der Waals surface area (Å²) in [7, 11) is 0. The van der Waals surface area contributed by atoms with Crippen molar-refractivity contribution in [3.05, 3.63) is 0 Å². The minimum Gasteiger partial charge on any atom is -0.396 e. The number of hydrogen-bond acceptors (Lipinski definition) is 3. The van der Waals surface area contributed by atoms with Gasteiger partial charge in [0.2, 0.25) is 5.91 Å². The third kappa shape index (κ3) is 6.23. The second-order valence-corrected chi connectivity index (χ2v) is 6.73. The maximum Gasteiger partial charge on any atom is 0.220 e. The number of aliphatic hydroxyl groups is 1. The van der Waals surface area contributed by atoms with Crippen LogP contribution in [-0.2, 0) is 4.79 Å². The molecule has 118 valence electrons. The third-order valence-electron chi connectivity index (χ3n) is 4.47. The standard InChI is InChI=1S/C16H32N2O2/c1-12(2)7-13(9-17)8-16(20)18-10-14-5-3-4-6-15(14)11-19/h12-15,19H,3-11,17H2,1-2H3,(H,18,20). The molecule has 4 heteroatoms. The van der Waals surface area contributed by atoms with E-state index in [0.29, 0.717) is 37.3 Å². The molecule has 20 heavy (non-hydrogen) atoms. The highest BCUT2D eigenvalue weighted by molar-refractivity contribution is 5.76. The minimum absolute atomic E-state index is 0.114. The van der Waals surface area contributed by atoms with Crippen LogP contribution in [0.25, 0.3) is 0 Å². The Morgan fingerprint density at radius 1 is 1.30 bits per heavy atom. The predicted octanol–water partition coefficient (Wildman–Crippen LogP) is 1.91. The van der Waals surface area contributed by atoms with Gasteiger partial charge >= 0.3 is 0 Å². The molecule has 0 spiro atoms. The molecule has 0 aromatic rings. The smallest absolute Gasteiger partial charge is 0.220 e. The molecule has 3 unspecified atom stereocenters. The van der Waals surface area contributed by atoms with Crippen LogP contribution in [0.1, 0.15) is 52.4 Å². The van der Waals surface area contributed by atoms with Crippen LogP contribution in [0.2, 0.25) is 0 Å². The van der Waals surface area contributed by atoms with Gasteiger partial charge in [-0.2, -0.15) is 0 Å². The fraction of sp³-hybridized carbons (Fsp3) is 0.938. The first-order chi connectivity index (χ1) is 9.56. The van der Waals surface area contributed by atoms with Gasteiger partial charge in [0.15, 0.2) is 0 Å². The van der Waals surface area contributed by atoms with E-state index in [1.807, 2.05) is 0 Å². The van der Waals surface area contributed by atoms with E-state index in [1.54, 1.807) is 0 Å². The SMILES string of the molecule is CC(C)CC(CN)CC(=O)NCC1CCCCC1CO. The van der Waals surface area contributed by atoms with Gasteiger partial charge in [0.05, 0.1) is 0 Å². The van der Waals surface area contributed by atoms with Crippen molar-refractivity contribution in [3.63, 3.8) is 0 Å². The summed E-state index contributed by atoms with van der Waals surface area (Å²) in [4.78, 5) is 12.0. The number of hydrogen-bond donors (Lipinski definition) is 3. The number of nitrogens with one attached hydrogen (secondary N) is 1. The first-order valence-electron chi connectivity index (χ1n) is 8.14. The van der Waals surface area contributed by atoms with Crippen LogP contribution in [0.15, 0.2) is 0 Å². The van der Waals surface area contributed by atoms with E-state index in [1.165, 1.54) is 12.8 Å². The number of carbonyl (C=O) groups is 1. The Balaban J connectivity index is 2.30. The van der Waals surface area contributed by atoms with E-state index in [4.69, 9.17) is 5.73 Å². The van der Waals surface area contributed by atoms with Crippen molar-refractivity contribution in [3.8, 4) is 0 Å². The van der Waals surface area contributed by atoms with Gasteiger partial charge in [-0.25, -0.2) is 0 Å². The van der Waals surface area contributed by atoms with Crippen molar-refractivity contribution >= 4 is 5.91 Å². The number of aliphatic hydroxyl groups excluding tert-OH is 1. The lowest BCUT2D eigenvalue weighted by Gasteiger charge is -2.30. The Kier molecular flexibility index (Phi) is 8.15. The minimum atomic E-state index is 0.114. The molecule has 3 atom stereocenters. The van der Waals surface area contributed by atoms with Gasteiger partial charge in [0, 0.05) is 19.6 Å². The molecule has 4 nitrogen and oxygen atoms in total. The predicted molar refractivity (Wildman–Crippen MR) is 82.2 cm³/mol. The van der Waals surface area contributed by atoms with E-state index in [2.05, 4.69) is 19.2 Å². The molecule has 0 bridgehead atoms. The number of rotatable bonds is 8. The van der Waals surface area contributed by atoms with E-state index in [0.717, 1.165) is 19.3 Å². The molecule has 1 aliphatic carbocycles. The molecule has 0 aromatic carbocycles. The zero-order valence-corrected chi connectivity index (χ0v) is 13.1. The van der Waals surface area contributed by atoms with E-state index in [-0.39, 0.29) is 18.4 Å². The normalized spacial score (nSPS) is 24.6. The second kappa shape index (κ2) is 9.35. The Morgan fingerprint density at radius 3 is 2.50 bits per heavy atom. The van der Waals surface area contributed by atoms with Gasteiger partial charge in [0.25, 0.3) is 0 Å². The van der Waals surface area contributed by atoms with Crippen molar-refractivity contribution in [2.24, 2.45) is 29.4 Å². The average molecular weight is 284 g/mol. The van der Waals surface area contributed by atoms with Crippen LogP contribution in [-0.4, -0.2) is 30.7 Å². The Morgan fingerprint density at radius 2 is 1.95 bits per heavy atom. The van der Waals surface area contributed by atoms with Crippen molar-refractivity contribution in [1.29, 1.82) is 0 Å². The molecule has 0 saturated heterocycles. The Labute approximate surface area is 123 Å². The van der Waals surface area contributed by atoms with Crippen LogP contribution < -0.4 is 11.1 Å². The molecule has 0 aromatic heterocycles. The summed E-state index contributed by atoms with van der Waals surface area (Å²) in [5.41, 5.74) is 5.74. The zero-order valence-electron chi connectivity index (χ0n) is 13.1. The third-order valence-corrected chi connectivity index (χ3v) is 4.47. The summed E-state index contributed by atoms with van der Waals surface area (Å²) in [6.07, 6.45) is 6.18. The van der Waals surface area contributed by atoms with Crippen molar-refractivity contribution in [2.45, 2.75) is 52.4 Å². The average Bonchev–Trinajstić information content (AvgIpc) is 2.44. The van der Waals surface area contributed by atoms with Gasteiger partial charge < -0.3 is 16.2 Å². The van der Waals surface area contributed by atoms with Gasteiger partial charge in [-0.15, -0.1) is 0 Å². The maximum absolute atomic E-state index is 12.0. The van der Waals surface area contributed by atoms with Gasteiger partial charge in [-0.05, 0) is 49.5 Å². The molecular weight excluding hydrogens is 252 g/mol. The lowest BCUT2D eigenvalue weighted by molar-refractivity contribution is -0.122. The van der Waals surface area contributed by atoms with E-state index >= 15 is 0 Å². The highest BCUT2D eigenvalue weighted by atomic mass is 16.3. The highest BCUT2D eigenvalue weighted by Crippen LogP contribution is 2.29. The summed E-state index contributed by atoms with van der Waals surface area (Å²) < 4.78 is 0. The van der Waals surface area contributed by atoms with Crippen LogP contribution in [0.4, 0.5) is 0 Å². The Hall–Kier alpha value is -0.610. The molecule has 4 N–H and O–H groups in total. The summed E-state index contributed by atoms with van der Waals surface area (Å²) in [6, 6.07) is 0. The summed E-state index contributed by atoms with van der Waals surface area (Å²) >= 11 is 0. The quantitative estimate of drug-likeness (QED) is 0.637. The lowest BCUT2D eigenvalue weighted by atomic mass is 9.79. The maximum atomic E-state index is 12.0. The fourth-order valence-corrected chi connectivity index (χ4v) is 3.30. The van der Waals surface area contributed by atoms with Crippen LogP contribution in [0.3, 0.4) is 0 Å². The summed E-state index contributed by atoms with van der Waals surface area (Å²) in [5, 5.41) is 12.4. The second-order valence-electron chi connectivity index (χ2n) is 6.73. The molecular formula is C16H32N2O2. The zero-order chi connectivity index (χ0) is 15.0. The summed E-state index contributed by atoms with van der Waals surface area (Å²) in [5.74, 6) is 1.79. The van der Waals surface area contributed by atoms with Crippen molar-refractivity contribution in [1.82, 2.24) is 5.32 Å². The number of nitrogens with two attached hydrogens (primary N) is 1. The molecule has 1 aliphatic rings. The molecule has 1 fully saturated rings. The summed E-state index contributed by atoms with van der Waals surface area (Å²) in [6.45, 7) is 5.86. The van der Waals surface area contributed by atoms with Crippen molar-refractivity contribution < 1.29 is 9.90 Å². The Bertz CT molecular complexity index is 282. The van der Waals surface area contributed by atoms with E-state index < -0.39 is 0 Å². The molecule has 0 heterocycles. The first kappa shape index (κ1) is 17.4. The van der Waals surface area contributed by atoms with Crippen LogP contribution in [0.5, 0.6) is 0 Å². The molecule has 1 rings (SSSR count). The topological polar surface area (TPSA) is 75.4 Å². The largest absolute Gasteiger partial charge is 0.396 e. The number of carbonyl (C=O) groups excluding carboxylic acids is 1.